The van der Waals surface area contributed by atoms with E-state index in [4.69, 9.17) is 4.42 Å². The smallest absolute Gasteiger partial charge is 0.265 e. The first kappa shape index (κ1) is 12.4. The molecule has 20 heavy (non-hydrogen) atoms. The van der Waals surface area contributed by atoms with Gasteiger partial charge in [0, 0.05) is 12.4 Å². The average molecular weight is 290 g/mol. The van der Waals surface area contributed by atoms with Crippen LogP contribution in [0.2, 0.25) is 0 Å². The minimum Gasteiger partial charge on any atom is -0.471 e. The number of imidazole rings is 1. The van der Waals surface area contributed by atoms with E-state index >= 15 is 0 Å². The van der Waals surface area contributed by atoms with E-state index in [0.717, 1.165) is 6.26 Å². The van der Waals surface area contributed by atoms with Crippen molar-refractivity contribution < 1.29 is 12.8 Å². The van der Waals surface area contributed by atoms with Crippen LogP contribution in [-0.4, -0.2) is 23.0 Å². The van der Waals surface area contributed by atoms with Gasteiger partial charge in [0.15, 0.2) is 0 Å². The molecule has 3 rings (SSSR count). The van der Waals surface area contributed by atoms with E-state index in [2.05, 4.69) is 14.7 Å². The second-order valence-electron chi connectivity index (χ2n) is 3.94. The SMILES string of the molecule is O=S(=O)(Nc1ccc(-n2ccnc2)nc1)c1ccoc1. The highest BCUT2D eigenvalue weighted by Crippen LogP contribution is 2.16. The van der Waals surface area contributed by atoms with Gasteiger partial charge >= 0.3 is 0 Å². The van der Waals surface area contributed by atoms with Crippen LogP contribution in [0, 0.1) is 0 Å². The van der Waals surface area contributed by atoms with E-state index in [1.165, 1.54) is 18.5 Å². The van der Waals surface area contributed by atoms with Gasteiger partial charge in [-0.1, -0.05) is 0 Å². The number of nitrogens with zero attached hydrogens (tertiary/aromatic N) is 3. The van der Waals surface area contributed by atoms with Gasteiger partial charge in [-0.15, -0.1) is 0 Å². The number of pyridine rings is 1. The largest absolute Gasteiger partial charge is 0.471 e. The summed E-state index contributed by atoms with van der Waals surface area (Å²) < 4.78 is 32.8. The summed E-state index contributed by atoms with van der Waals surface area (Å²) in [5, 5.41) is 0. The van der Waals surface area contributed by atoms with Crippen LogP contribution in [0.15, 0.2) is 65.0 Å². The molecule has 0 radical (unpaired) electrons. The van der Waals surface area contributed by atoms with Crippen LogP contribution in [0.3, 0.4) is 0 Å². The Morgan fingerprint density at radius 1 is 1.25 bits per heavy atom. The second-order valence-corrected chi connectivity index (χ2v) is 5.62. The standard InChI is InChI=1S/C12H10N4O3S/c17-20(18,11-3-6-19-8-11)15-10-1-2-12(14-7-10)16-5-4-13-9-16/h1-9,15H. The van der Waals surface area contributed by atoms with Crippen LogP contribution >= 0.6 is 0 Å². The van der Waals surface area contributed by atoms with Crippen molar-refractivity contribution in [2.75, 3.05) is 4.72 Å². The predicted molar refractivity (Wildman–Crippen MR) is 70.9 cm³/mol. The van der Waals surface area contributed by atoms with Crippen LogP contribution in [0.1, 0.15) is 0 Å². The molecule has 8 heteroatoms. The highest BCUT2D eigenvalue weighted by molar-refractivity contribution is 7.92. The minimum atomic E-state index is -3.64. The Balaban J connectivity index is 1.83. The molecule has 0 unspecified atom stereocenters. The van der Waals surface area contributed by atoms with Crippen LogP contribution in [0.5, 0.6) is 0 Å². The van der Waals surface area contributed by atoms with Crippen LogP contribution in [0.4, 0.5) is 5.69 Å². The summed E-state index contributed by atoms with van der Waals surface area (Å²) >= 11 is 0. The molecule has 0 saturated heterocycles. The average Bonchev–Trinajstić information content (AvgIpc) is 3.13. The van der Waals surface area contributed by atoms with Crippen molar-refractivity contribution in [2.24, 2.45) is 0 Å². The van der Waals surface area contributed by atoms with Crippen LogP contribution < -0.4 is 4.72 Å². The fourth-order valence-electron chi connectivity index (χ4n) is 1.61. The molecular formula is C12H10N4O3S. The molecule has 0 amide bonds. The fraction of sp³-hybridized carbons (Fsp3) is 0. The lowest BCUT2D eigenvalue weighted by Crippen LogP contribution is -2.12. The Labute approximate surface area is 115 Å². The maximum Gasteiger partial charge on any atom is 0.265 e. The van der Waals surface area contributed by atoms with Crippen molar-refractivity contribution in [1.29, 1.82) is 0 Å². The molecule has 0 spiro atoms. The molecule has 0 saturated carbocycles. The molecular weight excluding hydrogens is 280 g/mol. The predicted octanol–water partition coefficient (Wildman–Crippen LogP) is 1.66. The summed E-state index contributed by atoms with van der Waals surface area (Å²) in [5.74, 6) is 0.647. The van der Waals surface area contributed by atoms with E-state index in [1.807, 2.05) is 0 Å². The molecule has 3 heterocycles. The lowest BCUT2D eigenvalue weighted by molar-refractivity contribution is 0.557. The number of hydrogen-bond donors (Lipinski definition) is 1. The van der Waals surface area contributed by atoms with Gasteiger partial charge < -0.3 is 4.42 Å². The zero-order valence-electron chi connectivity index (χ0n) is 10.2. The molecule has 7 nitrogen and oxygen atoms in total. The van der Waals surface area contributed by atoms with Gasteiger partial charge in [0.05, 0.1) is 18.1 Å². The van der Waals surface area contributed by atoms with E-state index < -0.39 is 10.0 Å². The zero-order chi connectivity index (χ0) is 14.0. The molecule has 0 aliphatic heterocycles. The number of rotatable bonds is 4. The number of furan rings is 1. The molecule has 0 aliphatic carbocycles. The van der Waals surface area contributed by atoms with Crippen molar-refractivity contribution in [3.8, 4) is 5.82 Å². The lowest BCUT2D eigenvalue weighted by atomic mass is 10.4. The van der Waals surface area contributed by atoms with Gasteiger partial charge in [-0.3, -0.25) is 9.29 Å². The number of nitrogens with one attached hydrogen (secondary N) is 1. The lowest BCUT2D eigenvalue weighted by Gasteiger charge is -2.06. The Hall–Kier alpha value is -2.61. The van der Waals surface area contributed by atoms with E-state index in [-0.39, 0.29) is 4.90 Å². The topological polar surface area (TPSA) is 90.0 Å². The molecule has 0 fully saturated rings. The summed E-state index contributed by atoms with van der Waals surface area (Å²) in [4.78, 5) is 8.14. The molecule has 0 aliphatic rings. The molecule has 0 aromatic carbocycles. The first-order valence-electron chi connectivity index (χ1n) is 5.64. The number of sulfonamides is 1. The van der Waals surface area contributed by atoms with Gasteiger partial charge in [-0.05, 0) is 18.2 Å². The van der Waals surface area contributed by atoms with Gasteiger partial charge in [0.25, 0.3) is 10.0 Å². The summed E-state index contributed by atoms with van der Waals surface area (Å²) in [5.41, 5.74) is 0.370. The second kappa shape index (κ2) is 4.82. The Kier molecular flexibility index (Phi) is 2.99. The maximum absolute atomic E-state index is 12.0. The van der Waals surface area contributed by atoms with Crippen molar-refractivity contribution in [2.45, 2.75) is 4.90 Å². The van der Waals surface area contributed by atoms with Gasteiger partial charge in [0.2, 0.25) is 0 Å². The molecule has 0 atom stereocenters. The number of hydrogen-bond acceptors (Lipinski definition) is 5. The monoisotopic (exact) mass is 290 g/mol. The summed E-state index contributed by atoms with van der Waals surface area (Å²) in [7, 11) is -3.64. The first-order chi connectivity index (χ1) is 9.65. The molecule has 3 aromatic heterocycles. The highest BCUT2D eigenvalue weighted by atomic mass is 32.2. The van der Waals surface area contributed by atoms with Gasteiger partial charge in [-0.25, -0.2) is 18.4 Å². The minimum absolute atomic E-state index is 0.0659. The Morgan fingerprint density at radius 3 is 2.75 bits per heavy atom. The number of anilines is 1. The summed E-state index contributed by atoms with van der Waals surface area (Å²) in [6.45, 7) is 0. The van der Waals surface area contributed by atoms with E-state index in [9.17, 15) is 8.42 Å². The number of aromatic nitrogens is 3. The Morgan fingerprint density at radius 2 is 2.15 bits per heavy atom. The zero-order valence-corrected chi connectivity index (χ0v) is 11.0. The molecule has 1 N–H and O–H groups in total. The Bertz CT molecular complexity index is 778. The van der Waals surface area contributed by atoms with Crippen LogP contribution in [0.25, 0.3) is 5.82 Å². The van der Waals surface area contributed by atoms with Crippen LogP contribution in [-0.2, 0) is 10.0 Å². The van der Waals surface area contributed by atoms with Crippen molar-refractivity contribution in [3.05, 3.63) is 55.6 Å². The van der Waals surface area contributed by atoms with E-state index in [1.54, 1.807) is 35.4 Å². The third kappa shape index (κ3) is 2.41. The third-order valence-corrected chi connectivity index (χ3v) is 3.93. The summed E-state index contributed by atoms with van der Waals surface area (Å²) in [6, 6.07) is 4.69. The van der Waals surface area contributed by atoms with Crippen molar-refractivity contribution in [3.63, 3.8) is 0 Å². The third-order valence-electron chi connectivity index (χ3n) is 2.57. The van der Waals surface area contributed by atoms with Gasteiger partial charge in [0.1, 0.15) is 23.3 Å². The fourth-order valence-corrected chi connectivity index (χ4v) is 2.58. The molecule has 3 aromatic rings. The quantitative estimate of drug-likeness (QED) is 0.789. The van der Waals surface area contributed by atoms with Crippen molar-refractivity contribution >= 4 is 15.7 Å². The van der Waals surface area contributed by atoms with E-state index in [0.29, 0.717) is 11.5 Å². The first-order valence-corrected chi connectivity index (χ1v) is 7.13. The normalized spacial score (nSPS) is 11.4. The highest BCUT2D eigenvalue weighted by Gasteiger charge is 2.15. The molecule has 102 valence electrons. The van der Waals surface area contributed by atoms with Gasteiger partial charge in [-0.2, -0.15) is 0 Å². The molecule has 0 bridgehead atoms. The van der Waals surface area contributed by atoms with Crippen molar-refractivity contribution in [1.82, 2.24) is 14.5 Å². The maximum atomic E-state index is 12.0. The summed E-state index contributed by atoms with van der Waals surface area (Å²) in [6.07, 6.45) is 8.89.